The van der Waals surface area contributed by atoms with Crippen LogP contribution >= 0.6 is 0 Å². The van der Waals surface area contributed by atoms with Gasteiger partial charge in [-0.05, 0) is 25.0 Å². The van der Waals surface area contributed by atoms with Crippen molar-refractivity contribution < 1.29 is 0 Å². The van der Waals surface area contributed by atoms with E-state index in [1.54, 1.807) is 0 Å². The van der Waals surface area contributed by atoms with Crippen molar-refractivity contribution in [3.05, 3.63) is 17.9 Å². The second-order valence-corrected chi connectivity index (χ2v) is 1.45. The Morgan fingerprint density at radius 2 is 1.86 bits per heavy atom. The minimum atomic E-state index is 1.03. The van der Waals surface area contributed by atoms with Crippen molar-refractivity contribution in [3.63, 3.8) is 0 Å². The summed E-state index contributed by atoms with van der Waals surface area (Å²) in [5, 5.41) is 0. The Bertz CT molecular complexity index is 78.2. The van der Waals surface area contributed by atoms with Crippen LogP contribution in [0.3, 0.4) is 0 Å². The fraction of sp³-hybridized carbons (Fsp3) is 0.571. The molecule has 0 rings (SSSR count). The molecule has 0 spiro atoms. The van der Waals surface area contributed by atoms with Crippen LogP contribution < -0.4 is 0 Å². The van der Waals surface area contributed by atoms with Crippen LogP contribution in [-0.2, 0) is 0 Å². The van der Waals surface area contributed by atoms with Crippen LogP contribution in [0.2, 0.25) is 0 Å². The summed E-state index contributed by atoms with van der Waals surface area (Å²) in [7, 11) is 0. The summed E-state index contributed by atoms with van der Waals surface area (Å²) in [6.45, 7) is 9.27. The smallest absolute Gasteiger partial charge is 0.0123 e. The van der Waals surface area contributed by atoms with Crippen molar-refractivity contribution >= 4 is 0 Å². The third-order valence-electron chi connectivity index (χ3n) is 1.06. The standard InChI is InChI=1S/C7H11/c1-4-7(5-2)6-3/h1H,5-6H2,2-3H3. The molecular formula is C7H11. The fourth-order valence-corrected chi connectivity index (χ4v) is 0.454. The third kappa shape index (κ3) is 2.24. The first-order valence-electron chi connectivity index (χ1n) is 2.66. The third-order valence-corrected chi connectivity index (χ3v) is 1.06. The summed E-state index contributed by atoms with van der Waals surface area (Å²) in [5.74, 6) is 0. The Labute approximate surface area is 45.5 Å². The minimum absolute atomic E-state index is 1.03. The summed E-state index contributed by atoms with van der Waals surface area (Å²) in [5.41, 5.74) is 3.83. The molecule has 0 aliphatic carbocycles. The molecule has 0 aromatic heterocycles. The highest BCUT2D eigenvalue weighted by molar-refractivity contribution is 4.94. The van der Waals surface area contributed by atoms with Gasteiger partial charge in [-0.1, -0.05) is 13.8 Å². The second-order valence-electron chi connectivity index (χ2n) is 1.45. The molecule has 0 nitrogen and oxygen atoms in total. The van der Waals surface area contributed by atoms with Gasteiger partial charge in [0, 0.05) is 0 Å². The molecule has 39 valence electrons. The number of hydrogen-bond donors (Lipinski definition) is 0. The molecule has 1 radical (unpaired) electrons. The molecule has 0 aromatic carbocycles. The van der Waals surface area contributed by atoms with Gasteiger partial charge in [-0.15, -0.1) is 5.73 Å². The van der Waals surface area contributed by atoms with Crippen LogP contribution in [-0.4, -0.2) is 0 Å². The van der Waals surface area contributed by atoms with E-state index >= 15 is 0 Å². The van der Waals surface area contributed by atoms with Gasteiger partial charge in [-0.2, -0.15) is 0 Å². The largest absolute Gasteiger partial charge is 0.121 e. The molecule has 0 aliphatic heterocycles. The highest BCUT2D eigenvalue weighted by Gasteiger charge is 1.81. The van der Waals surface area contributed by atoms with Crippen molar-refractivity contribution in [1.29, 1.82) is 0 Å². The molecule has 7 heavy (non-hydrogen) atoms. The van der Waals surface area contributed by atoms with Gasteiger partial charge < -0.3 is 0 Å². The average Bonchev–Trinajstić information content (AvgIpc) is 1.72. The molecule has 0 aliphatic rings. The minimum Gasteiger partial charge on any atom is -0.121 e. The molecule has 0 bridgehead atoms. The second kappa shape index (κ2) is 3.70. The van der Waals surface area contributed by atoms with E-state index < -0.39 is 0 Å². The van der Waals surface area contributed by atoms with E-state index in [2.05, 4.69) is 19.6 Å². The number of rotatable bonds is 2. The van der Waals surface area contributed by atoms with Crippen molar-refractivity contribution in [1.82, 2.24) is 0 Å². The summed E-state index contributed by atoms with van der Waals surface area (Å²) in [6.07, 6.45) is 2.07. The predicted octanol–water partition coefficient (Wildman–Crippen LogP) is 2.32. The lowest BCUT2D eigenvalue weighted by atomic mass is 10.2. The maximum absolute atomic E-state index is 5.11. The van der Waals surface area contributed by atoms with Gasteiger partial charge in [-0.25, -0.2) is 0 Å². The van der Waals surface area contributed by atoms with Crippen molar-refractivity contribution in [2.24, 2.45) is 0 Å². The number of hydrogen-bond acceptors (Lipinski definition) is 0. The summed E-state index contributed by atoms with van der Waals surface area (Å²) >= 11 is 0. The highest BCUT2D eigenvalue weighted by atomic mass is 13.9. The first kappa shape index (κ1) is 6.52. The molecule has 0 N–H and O–H groups in total. The van der Waals surface area contributed by atoms with Crippen LogP contribution in [0, 0.1) is 6.58 Å². The number of allylic oxidation sites excluding steroid dienone is 1. The van der Waals surface area contributed by atoms with Gasteiger partial charge in [0.2, 0.25) is 0 Å². The molecule has 0 heterocycles. The van der Waals surface area contributed by atoms with Crippen LogP contribution in [0.15, 0.2) is 11.3 Å². The zero-order valence-corrected chi connectivity index (χ0v) is 4.99. The van der Waals surface area contributed by atoms with Gasteiger partial charge in [0.05, 0.1) is 0 Å². The van der Waals surface area contributed by atoms with Crippen molar-refractivity contribution in [2.45, 2.75) is 26.7 Å². The monoisotopic (exact) mass is 95.1 g/mol. The maximum Gasteiger partial charge on any atom is -0.0123 e. The van der Waals surface area contributed by atoms with E-state index in [-0.39, 0.29) is 0 Å². The zero-order valence-electron chi connectivity index (χ0n) is 4.99. The van der Waals surface area contributed by atoms with E-state index in [1.807, 2.05) is 0 Å². The van der Waals surface area contributed by atoms with Crippen LogP contribution in [0.5, 0.6) is 0 Å². The van der Waals surface area contributed by atoms with Gasteiger partial charge in [0.25, 0.3) is 0 Å². The van der Waals surface area contributed by atoms with E-state index in [0.717, 1.165) is 12.8 Å². The Morgan fingerprint density at radius 3 is 1.86 bits per heavy atom. The highest BCUT2D eigenvalue weighted by Crippen LogP contribution is 2.00. The average molecular weight is 95.2 g/mol. The Kier molecular flexibility index (Phi) is 3.45. The van der Waals surface area contributed by atoms with Crippen LogP contribution in [0.1, 0.15) is 26.7 Å². The first-order valence-corrected chi connectivity index (χ1v) is 2.66. The van der Waals surface area contributed by atoms with E-state index in [4.69, 9.17) is 6.58 Å². The van der Waals surface area contributed by atoms with Crippen molar-refractivity contribution in [2.75, 3.05) is 0 Å². The Balaban J connectivity index is 3.61. The normalized spacial score (nSPS) is 7.71. The summed E-state index contributed by atoms with van der Waals surface area (Å²) in [4.78, 5) is 0. The molecule has 0 saturated carbocycles. The lowest BCUT2D eigenvalue weighted by molar-refractivity contribution is 0.982. The Hall–Kier alpha value is -0.480. The lowest BCUT2D eigenvalue weighted by Crippen LogP contribution is -1.70. The SMILES string of the molecule is [CH]=C=C(CC)CC. The van der Waals surface area contributed by atoms with Gasteiger partial charge in [0.1, 0.15) is 0 Å². The summed E-state index contributed by atoms with van der Waals surface area (Å²) in [6, 6.07) is 0. The van der Waals surface area contributed by atoms with Crippen molar-refractivity contribution in [3.8, 4) is 0 Å². The van der Waals surface area contributed by atoms with Crippen LogP contribution in [0.4, 0.5) is 0 Å². The zero-order chi connectivity index (χ0) is 5.70. The van der Waals surface area contributed by atoms with Gasteiger partial charge >= 0.3 is 0 Å². The van der Waals surface area contributed by atoms with E-state index in [0.29, 0.717) is 0 Å². The lowest BCUT2D eigenvalue weighted by Gasteiger charge is -1.89. The molecular weight excluding hydrogens is 84.1 g/mol. The summed E-state index contributed by atoms with van der Waals surface area (Å²) < 4.78 is 0. The molecule has 0 atom stereocenters. The molecule has 0 amide bonds. The molecule has 0 saturated heterocycles. The quantitative estimate of drug-likeness (QED) is 0.462. The van der Waals surface area contributed by atoms with E-state index in [9.17, 15) is 0 Å². The van der Waals surface area contributed by atoms with Gasteiger partial charge in [-0.3, -0.25) is 0 Å². The predicted molar refractivity (Wildman–Crippen MR) is 31.9 cm³/mol. The first-order chi connectivity index (χ1) is 3.35. The fourth-order valence-electron chi connectivity index (χ4n) is 0.454. The molecule has 0 heteroatoms. The van der Waals surface area contributed by atoms with Gasteiger partial charge in [0.15, 0.2) is 0 Å². The topological polar surface area (TPSA) is 0 Å². The molecule has 0 unspecified atom stereocenters. The van der Waals surface area contributed by atoms with Crippen LogP contribution in [0.25, 0.3) is 0 Å². The Morgan fingerprint density at radius 1 is 1.43 bits per heavy atom. The molecule has 0 aromatic rings. The maximum atomic E-state index is 5.11. The molecule has 0 fully saturated rings. The van der Waals surface area contributed by atoms with E-state index in [1.165, 1.54) is 5.57 Å².